The summed E-state index contributed by atoms with van der Waals surface area (Å²) in [4.78, 5) is 49.2. The predicted octanol–water partition coefficient (Wildman–Crippen LogP) is 6.68. The summed E-state index contributed by atoms with van der Waals surface area (Å²) >= 11 is 0. The second-order valence-electron chi connectivity index (χ2n) is 15.1. The van der Waals surface area contributed by atoms with Crippen LogP contribution < -0.4 is 0 Å². The number of hydrogen-bond donors (Lipinski definition) is 4. The van der Waals surface area contributed by atoms with Crippen molar-refractivity contribution in [2.45, 2.75) is 133 Å². The third-order valence-corrected chi connectivity index (χ3v) is 10.2. The van der Waals surface area contributed by atoms with Crippen molar-refractivity contribution < 1.29 is 49.1 Å². The highest BCUT2D eigenvalue weighted by Crippen LogP contribution is 2.27. The van der Waals surface area contributed by atoms with E-state index in [1.165, 1.54) is 24.3 Å². The van der Waals surface area contributed by atoms with Crippen molar-refractivity contribution >= 4 is 23.5 Å². The van der Waals surface area contributed by atoms with Gasteiger partial charge in [0.25, 0.3) is 0 Å². The molecule has 54 heavy (non-hydrogen) atoms. The minimum atomic E-state index is -1.08. The number of hydrogen-bond acceptors (Lipinski definition) is 10. The normalized spacial score (nSPS) is 27.5. The van der Waals surface area contributed by atoms with Crippen LogP contribution >= 0.6 is 0 Å². The van der Waals surface area contributed by atoms with E-state index < -0.39 is 60.2 Å². The molecule has 0 amide bonds. The summed E-state index contributed by atoms with van der Waals surface area (Å²) in [7, 11) is 0. The Morgan fingerprint density at radius 3 is 1.46 bits per heavy atom. The maximum atomic E-state index is 12.8. The molecule has 10 nitrogen and oxygen atoms in total. The summed E-state index contributed by atoms with van der Waals surface area (Å²) in [5.74, 6) is -3.55. The van der Waals surface area contributed by atoms with Crippen LogP contribution in [0.2, 0.25) is 0 Å². The van der Waals surface area contributed by atoms with Gasteiger partial charge in [0.2, 0.25) is 0 Å². The summed E-state index contributed by atoms with van der Waals surface area (Å²) in [5.41, 5.74) is 0. The maximum Gasteiger partial charge on any atom is 0.331 e. The summed E-state index contributed by atoms with van der Waals surface area (Å²) in [6.07, 6.45) is 16.7. The number of ketones is 2. The molecule has 0 aromatic rings. The lowest BCUT2D eigenvalue weighted by atomic mass is 9.82. The van der Waals surface area contributed by atoms with Crippen molar-refractivity contribution in [3.8, 4) is 0 Å². The molecule has 1 aliphatic heterocycles. The number of rotatable bonds is 15. The molecule has 10 heteroatoms. The van der Waals surface area contributed by atoms with Crippen LogP contribution in [0.15, 0.2) is 72.9 Å². The monoisotopic (exact) mass is 758 g/mol. The largest absolute Gasteiger partial charge is 0.459 e. The molecule has 0 aromatic heterocycles. The summed E-state index contributed by atoms with van der Waals surface area (Å²) in [6.45, 7) is 21.7. The number of carbonyl (C=O) groups excluding carboxylic acids is 4. The summed E-state index contributed by atoms with van der Waals surface area (Å²) in [5, 5.41) is 40.1. The number of cyclic esters (lactones) is 2. The molecule has 0 spiro atoms. The lowest BCUT2D eigenvalue weighted by Crippen LogP contribution is -2.41. The van der Waals surface area contributed by atoms with Gasteiger partial charge in [0.15, 0.2) is 11.6 Å². The first-order valence-corrected chi connectivity index (χ1v) is 19.5. The van der Waals surface area contributed by atoms with E-state index in [2.05, 4.69) is 0 Å². The van der Waals surface area contributed by atoms with Crippen LogP contribution in [0.3, 0.4) is 0 Å². The number of allylic oxidation sites excluding steroid dienone is 6. The topological polar surface area (TPSA) is 168 Å². The van der Waals surface area contributed by atoms with Crippen LogP contribution in [0.25, 0.3) is 0 Å². The van der Waals surface area contributed by atoms with Crippen LogP contribution in [0.1, 0.15) is 95.9 Å². The van der Waals surface area contributed by atoms with Gasteiger partial charge < -0.3 is 29.9 Å². The van der Waals surface area contributed by atoms with Gasteiger partial charge in [0.05, 0.1) is 24.4 Å². The van der Waals surface area contributed by atoms with E-state index in [9.17, 15) is 39.6 Å². The molecule has 0 saturated heterocycles. The minimum Gasteiger partial charge on any atom is -0.459 e. The van der Waals surface area contributed by atoms with Crippen LogP contribution in [-0.2, 0) is 28.7 Å². The average molecular weight is 759 g/mol. The number of carbonyl (C=O) groups is 4. The lowest BCUT2D eigenvalue weighted by molar-refractivity contribution is -0.151. The fourth-order valence-corrected chi connectivity index (χ4v) is 5.79. The first kappa shape index (κ1) is 50.6. The Labute approximate surface area is 324 Å². The van der Waals surface area contributed by atoms with E-state index in [0.717, 1.165) is 6.42 Å². The highest BCUT2D eigenvalue weighted by atomic mass is 16.5. The molecule has 0 fully saturated rings. The zero-order chi connectivity index (χ0) is 41.7. The highest BCUT2D eigenvalue weighted by Gasteiger charge is 2.35. The summed E-state index contributed by atoms with van der Waals surface area (Å²) in [6, 6.07) is 0. The fraction of sp³-hybridized carbons (Fsp3) is 0.636. The zero-order valence-corrected chi connectivity index (χ0v) is 34.7. The minimum absolute atomic E-state index is 0.00217. The number of aliphatic hydroxyl groups excluding tert-OH is 4. The van der Waals surface area contributed by atoms with Gasteiger partial charge in [-0.05, 0) is 51.7 Å². The third-order valence-electron chi connectivity index (χ3n) is 10.2. The molecule has 0 saturated carbocycles. The van der Waals surface area contributed by atoms with Crippen molar-refractivity contribution in [2.24, 2.45) is 47.3 Å². The highest BCUT2D eigenvalue weighted by molar-refractivity contribution is 5.92. The fourth-order valence-electron chi connectivity index (χ4n) is 5.79. The van der Waals surface area contributed by atoms with E-state index in [4.69, 9.17) is 9.47 Å². The van der Waals surface area contributed by atoms with Crippen molar-refractivity contribution in [1.29, 1.82) is 0 Å². The Balaban J connectivity index is 0.00000138. The van der Waals surface area contributed by atoms with Gasteiger partial charge in [-0.15, -0.1) is 0 Å². The van der Waals surface area contributed by atoms with Gasteiger partial charge in [-0.3, -0.25) is 9.59 Å². The lowest BCUT2D eigenvalue weighted by Gasteiger charge is -2.32. The molecular formula is C44H70O10. The number of ether oxygens (including phenoxy) is 2. The molecule has 306 valence electrons. The van der Waals surface area contributed by atoms with Crippen LogP contribution in [0, 0.1) is 47.3 Å². The Kier molecular flexibility index (Phi) is 24.7. The van der Waals surface area contributed by atoms with Crippen molar-refractivity contribution in [3.05, 3.63) is 72.9 Å². The van der Waals surface area contributed by atoms with E-state index in [1.807, 2.05) is 47.6 Å². The summed E-state index contributed by atoms with van der Waals surface area (Å²) < 4.78 is 11.1. The van der Waals surface area contributed by atoms with E-state index in [1.54, 1.807) is 84.1 Å². The third kappa shape index (κ3) is 18.7. The molecule has 1 aliphatic rings. The molecule has 0 bridgehead atoms. The SMILES string of the molecule is CC[C@@H](/C=C/C(=O)[C@@H](C)[C@H](O)C(C)C)[C@@H](C)O.CC[C@@H](/C=C/C(=O)[C@@H](C)[C@H](O)[C@H](C)C1OC(=O)/C=C/C=C/[C@H](C)C(C)OC(=O)/C=C/C=C/[C@@H]1C)[C@@H](C)O. The first-order valence-electron chi connectivity index (χ1n) is 19.5. The van der Waals surface area contributed by atoms with Crippen LogP contribution in [0.5, 0.6) is 0 Å². The first-order chi connectivity index (χ1) is 25.2. The molecule has 13 atom stereocenters. The van der Waals surface area contributed by atoms with Gasteiger partial charge in [0.1, 0.15) is 12.2 Å². The molecule has 4 N–H and O–H groups in total. The number of aliphatic hydroxyl groups is 4. The van der Waals surface area contributed by atoms with Crippen molar-refractivity contribution in [2.75, 3.05) is 0 Å². The second kappa shape index (κ2) is 26.4. The molecule has 0 radical (unpaired) electrons. The quantitative estimate of drug-likeness (QED) is 0.105. The Morgan fingerprint density at radius 2 is 1.06 bits per heavy atom. The van der Waals surface area contributed by atoms with E-state index in [-0.39, 0.29) is 47.3 Å². The van der Waals surface area contributed by atoms with Gasteiger partial charge in [-0.25, -0.2) is 9.59 Å². The smallest absolute Gasteiger partial charge is 0.331 e. The van der Waals surface area contributed by atoms with Gasteiger partial charge in [-0.2, -0.15) is 0 Å². The Hall–Kier alpha value is -3.44. The molecule has 0 aliphatic carbocycles. The second-order valence-corrected chi connectivity index (χ2v) is 15.1. The van der Waals surface area contributed by atoms with Crippen LogP contribution in [0.4, 0.5) is 0 Å². The zero-order valence-electron chi connectivity index (χ0n) is 34.7. The average Bonchev–Trinajstić information content (AvgIpc) is 3.12. The molecule has 2 unspecified atom stereocenters. The maximum absolute atomic E-state index is 12.8. The Bertz CT molecular complexity index is 1320. The van der Waals surface area contributed by atoms with E-state index in [0.29, 0.717) is 6.42 Å². The van der Waals surface area contributed by atoms with Crippen molar-refractivity contribution in [3.63, 3.8) is 0 Å². The van der Waals surface area contributed by atoms with E-state index >= 15 is 0 Å². The van der Waals surface area contributed by atoms with Gasteiger partial charge >= 0.3 is 11.9 Å². The predicted molar refractivity (Wildman–Crippen MR) is 214 cm³/mol. The molecule has 1 rings (SSSR count). The van der Waals surface area contributed by atoms with Crippen molar-refractivity contribution in [1.82, 2.24) is 0 Å². The number of esters is 2. The van der Waals surface area contributed by atoms with Gasteiger partial charge in [-0.1, -0.05) is 111 Å². The molecule has 0 aromatic carbocycles. The van der Waals surface area contributed by atoms with Crippen LogP contribution in [-0.4, -0.2) is 80.6 Å². The Morgan fingerprint density at radius 1 is 0.648 bits per heavy atom. The molecule has 1 heterocycles. The van der Waals surface area contributed by atoms with Gasteiger partial charge in [0, 0.05) is 53.6 Å². The molecular weight excluding hydrogens is 688 g/mol. The standard InChI is InChI=1S/C30H44O7.C14H26O3/c1-8-25(23(6)31)17-18-26(32)21(4)29(35)22(5)30-20(3)14-10-12-15-27(33)36-24(7)19(2)13-9-11-16-28(34)37-30;1-6-12(11(5)15)7-8-13(16)10(4)14(17)9(2)3/h9-25,29-31,35H,8H2,1-7H3;7-12,14-15,17H,6H2,1-5H3/b13-9+,14-10+,15-12+,16-11+,18-17+;8-7+/t19-,20-,21+,22-,23+,24?,25-,29-,30?;10-,11-,12+,14-/m01/s1.